The third-order valence-electron chi connectivity index (χ3n) is 3.12. The van der Waals surface area contributed by atoms with E-state index in [4.69, 9.17) is 5.11 Å². The highest BCUT2D eigenvalue weighted by atomic mass is 16.4. The summed E-state index contributed by atoms with van der Waals surface area (Å²) in [4.78, 5) is 27.4. The van der Waals surface area contributed by atoms with Crippen LogP contribution < -0.4 is 5.32 Å². The Hall–Kier alpha value is -2.63. The zero-order valence-corrected chi connectivity index (χ0v) is 11.9. The van der Waals surface area contributed by atoms with Crippen LogP contribution in [0.2, 0.25) is 0 Å². The van der Waals surface area contributed by atoms with Gasteiger partial charge in [-0.1, -0.05) is 32.0 Å². The first-order chi connectivity index (χ1) is 10.0. The van der Waals surface area contributed by atoms with Crippen LogP contribution in [0.25, 0.3) is 5.69 Å². The Morgan fingerprint density at radius 3 is 2.48 bits per heavy atom. The van der Waals surface area contributed by atoms with Crippen molar-refractivity contribution in [3.63, 3.8) is 0 Å². The molecule has 1 amide bonds. The van der Waals surface area contributed by atoms with Crippen molar-refractivity contribution in [2.75, 3.05) is 0 Å². The molecule has 0 saturated carbocycles. The molecular formula is C15H17N3O3. The molecule has 110 valence electrons. The minimum Gasteiger partial charge on any atom is -0.480 e. The van der Waals surface area contributed by atoms with Crippen molar-refractivity contribution in [3.05, 3.63) is 48.5 Å². The molecule has 0 radical (unpaired) electrons. The van der Waals surface area contributed by atoms with Gasteiger partial charge in [0.25, 0.3) is 5.91 Å². The second-order valence-corrected chi connectivity index (χ2v) is 5.02. The number of para-hydroxylation sites is 1. The van der Waals surface area contributed by atoms with Crippen LogP contribution in [-0.4, -0.2) is 32.6 Å². The SMILES string of the molecule is CC(C)[C@@H](NC(=O)c1cncn1-c1ccccc1)C(=O)O. The van der Waals surface area contributed by atoms with Crippen LogP contribution in [0, 0.1) is 5.92 Å². The van der Waals surface area contributed by atoms with Crippen molar-refractivity contribution in [2.45, 2.75) is 19.9 Å². The highest BCUT2D eigenvalue weighted by Gasteiger charge is 2.25. The van der Waals surface area contributed by atoms with E-state index >= 15 is 0 Å². The van der Waals surface area contributed by atoms with Gasteiger partial charge < -0.3 is 10.4 Å². The Morgan fingerprint density at radius 1 is 1.24 bits per heavy atom. The predicted octanol–water partition coefficient (Wildman–Crippen LogP) is 1.71. The first-order valence-corrected chi connectivity index (χ1v) is 6.62. The summed E-state index contributed by atoms with van der Waals surface area (Å²) in [5.41, 5.74) is 1.09. The zero-order valence-electron chi connectivity index (χ0n) is 11.9. The number of carboxylic acids is 1. The van der Waals surface area contributed by atoms with E-state index in [0.717, 1.165) is 5.69 Å². The van der Waals surface area contributed by atoms with Crippen LogP contribution in [0.15, 0.2) is 42.9 Å². The number of nitrogens with zero attached hydrogens (tertiary/aromatic N) is 2. The largest absolute Gasteiger partial charge is 0.480 e. The van der Waals surface area contributed by atoms with Crippen LogP contribution in [0.5, 0.6) is 0 Å². The summed E-state index contributed by atoms with van der Waals surface area (Å²) in [6.45, 7) is 3.49. The summed E-state index contributed by atoms with van der Waals surface area (Å²) in [5, 5.41) is 11.7. The van der Waals surface area contributed by atoms with Gasteiger partial charge in [0.2, 0.25) is 0 Å². The fourth-order valence-electron chi connectivity index (χ4n) is 1.99. The van der Waals surface area contributed by atoms with E-state index in [0.29, 0.717) is 5.69 Å². The molecule has 0 fully saturated rings. The van der Waals surface area contributed by atoms with Crippen LogP contribution in [0.3, 0.4) is 0 Å². The number of carboxylic acid groups (broad SMARTS) is 1. The molecule has 1 aromatic carbocycles. The van der Waals surface area contributed by atoms with E-state index < -0.39 is 17.9 Å². The molecule has 6 heteroatoms. The highest BCUT2D eigenvalue weighted by molar-refractivity contribution is 5.95. The Bertz CT molecular complexity index is 635. The Morgan fingerprint density at radius 2 is 1.90 bits per heavy atom. The maximum atomic E-state index is 12.3. The number of aliphatic carboxylic acids is 1. The minimum absolute atomic E-state index is 0.209. The summed E-state index contributed by atoms with van der Waals surface area (Å²) >= 11 is 0. The maximum absolute atomic E-state index is 12.3. The molecule has 0 aliphatic carbocycles. The molecular weight excluding hydrogens is 270 g/mol. The average molecular weight is 287 g/mol. The van der Waals surface area contributed by atoms with Crippen LogP contribution in [0.4, 0.5) is 0 Å². The molecule has 0 spiro atoms. The Labute approximate surface area is 122 Å². The Balaban J connectivity index is 2.25. The molecule has 1 heterocycles. The van der Waals surface area contributed by atoms with Crippen molar-refractivity contribution < 1.29 is 14.7 Å². The number of benzene rings is 1. The normalized spacial score (nSPS) is 12.1. The fraction of sp³-hybridized carbons (Fsp3) is 0.267. The van der Waals surface area contributed by atoms with Gasteiger partial charge in [0, 0.05) is 5.69 Å². The molecule has 2 N–H and O–H groups in total. The topological polar surface area (TPSA) is 84.2 Å². The summed E-state index contributed by atoms with van der Waals surface area (Å²) < 4.78 is 1.62. The predicted molar refractivity (Wildman–Crippen MR) is 77.3 cm³/mol. The summed E-state index contributed by atoms with van der Waals surface area (Å²) in [6, 6.07) is 8.33. The molecule has 2 rings (SSSR count). The van der Waals surface area contributed by atoms with Crippen molar-refractivity contribution in [1.29, 1.82) is 0 Å². The highest BCUT2D eigenvalue weighted by Crippen LogP contribution is 2.11. The van der Waals surface area contributed by atoms with Crippen LogP contribution >= 0.6 is 0 Å². The molecule has 0 saturated heterocycles. The third-order valence-corrected chi connectivity index (χ3v) is 3.12. The van der Waals surface area contributed by atoms with Gasteiger partial charge in [-0.25, -0.2) is 9.78 Å². The number of amides is 1. The van der Waals surface area contributed by atoms with Gasteiger partial charge in [-0.05, 0) is 18.1 Å². The van der Waals surface area contributed by atoms with E-state index in [1.54, 1.807) is 18.4 Å². The number of hydrogen-bond donors (Lipinski definition) is 2. The second kappa shape index (κ2) is 6.21. The first kappa shape index (κ1) is 14.8. The summed E-state index contributed by atoms with van der Waals surface area (Å²) in [5.74, 6) is -1.72. The zero-order chi connectivity index (χ0) is 15.4. The number of imidazole rings is 1. The monoisotopic (exact) mass is 287 g/mol. The van der Waals surface area contributed by atoms with Gasteiger partial charge in [0.15, 0.2) is 0 Å². The lowest BCUT2D eigenvalue weighted by atomic mass is 10.0. The molecule has 2 aromatic rings. The second-order valence-electron chi connectivity index (χ2n) is 5.02. The van der Waals surface area contributed by atoms with Gasteiger partial charge in [-0.2, -0.15) is 0 Å². The average Bonchev–Trinajstić information content (AvgIpc) is 2.94. The smallest absolute Gasteiger partial charge is 0.326 e. The Kier molecular flexibility index (Phi) is 4.37. The van der Waals surface area contributed by atoms with Crippen molar-refractivity contribution >= 4 is 11.9 Å². The molecule has 0 aliphatic heterocycles. The first-order valence-electron chi connectivity index (χ1n) is 6.62. The van der Waals surface area contributed by atoms with Gasteiger partial charge >= 0.3 is 5.97 Å². The standard InChI is InChI=1S/C15H17N3O3/c1-10(2)13(15(20)21)17-14(19)12-8-16-9-18(12)11-6-4-3-5-7-11/h3-10,13H,1-2H3,(H,17,19)(H,20,21)/t13-/m1/s1. The quantitative estimate of drug-likeness (QED) is 0.876. The lowest BCUT2D eigenvalue weighted by Crippen LogP contribution is -2.44. The van der Waals surface area contributed by atoms with Crippen molar-refractivity contribution in [3.8, 4) is 5.69 Å². The van der Waals surface area contributed by atoms with E-state index in [1.807, 2.05) is 30.3 Å². The van der Waals surface area contributed by atoms with Gasteiger partial charge in [-0.3, -0.25) is 9.36 Å². The van der Waals surface area contributed by atoms with E-state index in [9.17, 15) is 9.59 Å². The fourth-order valence-corrected chi connectivity index (χ4v) is 1.99. The molecule has 6 nitrogen and oxygen atoms in total. The van der Waals surface area contributed by atoms with E-state index in [1.165, 1.54) is 12.5 Å². The van der Waals surface area contributed by atoms with Gasteiger partial charge in [-0.15, -0.1) is 0 Å². The molecule has 21 heavy (non-hydrogen) atoms. The lowest BCUT2D eigenvalue weighted by Gasteiger charge is -2.18. The van der Waals surface area contributed by atoms with E-state index in [2.05, 4.69) is 10.3 Å². The molecule has 0 bridgehead atoms. The summed E-state index contributed by atoms with van der Waals surface area (Å²) in [7, 11) is 0. The summed E-state index contributed by atoms with van der Waals surface area (Å²) in [6.07, 6.45) is 2.94. The molecule has 1 aromatic heterocycles. The number of aromatic nitrogens is 2. The molecule has 0 aliphatic rings. The van der Waals surface area contributed by atoms with Gasteiger partial charge in [0.05, 0.1) is 12.5 Å². The number of carbonyl (C=O) groups is 2. The van der Waals surface area contributed by atoms with E-state index in [-0.39, 0.29) is 5.92 Å². The maximum Gasteiger partial charge on any atom is 0.326 e. The third kappa shape index (κ3) is 3.28. The number of rotatable bonds is 5. The van der Waals surface area contributed by atoms with Crippen molar-refractivity contribution in [2.24, 2.45) is 5.92 Å². The lowest BCUT2D eigenvalue weighted by molar-refractivity contribution is -0.140. The van der Waals surface area contributed by atoms with Crippen LogP contribution in [0.1, 0.15) is 24.3 Å². The molecule has 0 unspecified atom stereocenters. The van der Waals surface area contributed by atoms with Gasteiger partial charge in [0.1, 0.15) is 11.7 Å². The van der Waals surface area contributed by atoms with Crippen molar-refractivity contribution in [1.82, 2.24) is 14.9 Å². The molecule has 1 atom stereocenters. The van der Waals surface area contributed by atoms with Crippen LogP contribution in [-0.2, 0) is 4.79 Å². The number of nitrogens with one attached hydrogen (secondary N) is 1. The number of hydrogen-bond acceptors (Lipinski definition) is 3. The minimum atomic E-state index is -1.05. The number of carbonyl (C=O) groups excluding carboxylic acids is 1.